The van der Waals surface area contributed by atoms with E-state index in [4.69, 9.17) is 16.3 Å². The monoisotopic (exact) mass is 386 g/mol. The molecule has 1 aliphatic rings. The summed E-state index contributed by atoms with van der Waals surface area (Å²) >= 11 is 6.04. The van der Waals surface area contributed by atoms with Crippen molar-refractivity contribution in [3.63, 3.8) is 0 Å². The molecule has 2 aromatic rings. The fourth-order valence-electron chi connectivity index (χ4n) is 3.73. The van der Waals surface area contributed by atoms with Crippen LogP contribution in [0.3, 0.4) is 0 Å². The molecule has 0 aliphatic carbocycles. The number of nitrogens with one attached hydrogen (secondary N) is 1. The van der Waals surface area contributed by atoms with Gasteiger partial charge in [0.1, 0.15) is 0 Å². The number of halogens is 1. The van der Waals surface area contributed by atoms with Crippen molar-refractivity contribution in [2.75, 3.05) is 36.5 Å². The van der Waals surface area contributed by atoms with Crippen molar-refractivity contribution in [2.45, 2.75) is 32.1 Å². The maximum Gasteiger partial charge on any atom is 0.235 e. The van der Waals surface area contributed by atoms with Crippen molar-refractivity contribution in [1.29, 1.82) is 0 Å². The second kappa shape index (κ2) is 8.77. The summed E-state index contributed by atoms with van der Waals surface area (Å²) in [4.78, 5) is 15.6. The van der Waals surface area contributed by atoms with Gasteiger partial charge >= 0.3 is 0 Å². The highest BCUT2D eigenvalue weighted by Gasteiger charge is 2.41. The van der Waals surface area contributed by atoms with Gasteiger partial charge in [-0.05, 0) is 68.7 Å². The van der Waals surface area contributed by atoms with Gasteiger partial charge in [0.25, 0.3) is 0 Å². The highest BCUT2D eigenvalue weighted by Crippen LogP contribution is 2.36. The molecule has 0 atom stereocenters. The summed E-state index contributed by atoms with van der Waals surface area (Å²) in [6, 6.07) is 15.7. The van der Waals surface area contributed by atoms with Crippen LogP contribution in [0.25, 0.3) is 0 Å². The lowest BCUT2D eigenvalue weighted by atomic mass is 9.73. The van der Waals surface area contributed by atoms with E-state index < -0.39 is 5.41 Å². The van der Waals surface area contributed by atoms with Crippen molar-refractivity contribution in [2.24, 2.45) is 0 Å². The van der Waals surface area contributed by atoms with E-state index in [-0.39, 0.29) is 5.91 Å². The van der Waals surface area contributed by atoms with Crippen molar-refractivity contribution in [1.82, 2.24) is 0 Å². The topological polar surface area (TPSA) is 41.6 Å². The molecule has 0 radical (unpaired) electrons. The van der Waals surface area contributed by atoms with Gasteiger partial charge in [-0.3, -0.25) is 4.79 Å². The Balaban J connectivity index is 1.82. The average Bonchev–Trinajstić information content (AvgIpc) is 2.71. The number of nitrogens with zero attached hydrogens (tertiary/aromatic N) is 1. The summed E-state index contributed by atoms with van der Waals surface area (Å²) < 4.78 is 5.53. The molecule has 1 N–H and O–H groups in total. The summed E-state index contributed by atoms with van der Waals surface area (Å²) in [5.41, 5.74) is 2.39. The third kappa shape index (κ3) is 4.28. The quantitative estimate of drug-likeness (QED) is 0.769. The lowest BCUT2D eigenvalue weighted by molar-refractivity contribution is -0.125. The van der Waals surface area contributed by atoms with E-state index in [9.17, 15) is 4.79 Å². The van der Waals surface area contributed by atoms with Gasteiger partial charge in [0.05, 0.1) is 5.41 Å². The summed E-state index contributed by atoms with van der Waals surface area (Å²) in [6.45, 7) is 7.36. The third-order valence-corrected chi connectivity index (χ3v) is 5.68. The molecule has 27 heavy (non-hydrogen) atoms. The molecule has 0 saturated carbocycles. The van der Waals surface area contributed by atoms with Crippen molar-refractivity contribution in [3.8, 4) is 0 Å². The molecule has 3 rings (SSSR count). The first-order valence-corrected chi connectivity index (χ1v) is 9.97. The van der Waals surface area contributed by atoms with Crippen molar-refractivity contribution in [3.05, 3.63) is 59.1 Å². The molecule has 1 heterocycles. The molecular weight excluding hydrogens is 360 g/mol. The van der Waals surface area contributed by atoms with Gasteiger partial charge in [-0.15, -0.1) is 0 Å². The Kier molecular flexibility index (Phi) is 6.40. The Morgan fingerprint density at radius 1 is 1.04 bits per heavy atom. The van der Waals surface area contributed by atoms with E-state index in [1.165, 1.54) is 0 Å². The summed E-state index contributed by atoms with van der Waals surface area (Å²) in [7, 11) is 0. The zero-order valence-corrected chi connectivity index (χ0v) is 16.8. The SMILES string of the molecule is CCN(CC)c1ccc(NC(=O)C2(c3ccc(Cl)cc3)CCOCC2)cc1. The van der Waals surface area contributed by atoms with Crippen LogP contribution in [0.4, 0.5) is 11.4 Å². The fourth-order valence-corrected chi connectivity index (χ4v) is 3.86. The van der Waals surface area contributed by atoms with Crippen molar-refractivity contribution >= 4 is 28.9 Å². The predicted octanol–water partition coefficient (Wildman–Crippen LogP) is 4.87. The number of carbonyl (C=O) groups is 1. The first-order chi connectivity index (χ1) is 13.1. The Hall–Kier alpha value is -2.04. The number of ether oxygens (including phenoxy) is 1. The predicted molar refractivity (Wildman–Crippen MR) is 112 cm³/mol. The van der Waals surface area contributed by atoms with Crippen LogP contribution in [0.5, 0.6) is 0 Å². The lowest BCUT2D eigenvalue weighted by Crippen LogP contribution is -2.44. The van der Waals surface area contributed by atoms with Crippen LogP contribution in [0, 0.1) is 0 Å². The minimum absolute atomic E-state index is 0.0173. The molecule has 0 unspecified atom stereocenters. The van der Waals surface area contributed by atoms with E-state index in [2.05, 4.69) is 36.2 Å². The van der Waals surface area contributed by atoms with E-state index >= 15 is 0 Å². The molecule has 5 heteroatoms. The molecular formula is C22H27ClN2O2. The largest absolute Gasteiger partial charge is 0.381 e. The normalized spacial score (nSPS) is 16.0. The standard InChI is InChI=1S/C22H27ClN2O2/c1-3-25(4-2)20-11-9-19(10-12-20)24-21(26)22(13-15-27-16-14-22)17-5-7-18(23)8-6-17/h5-12H,3-4,13-16H2,1-2H3,(H,24,26). The Labute approximate surface area is 166 Å². The third-order valence-electron chi connectivity index (χ3n) is 5.43. The molecule has 1 fully saturated rings. The zero-order chi connectivity index (χ0) is 19.3. The fraction of sp³-hybridized carbons (Fsp3) is 0.409. The van der Waals surface area contributed by atoms with Gasteiger partial charge in [-0.2, -0.15) is 0 Å². The number of hydrogen-bond acceptors (Lipinski definition) is 3. The number of anilines is 2. The summed E-state index contributed by atoms with van der Waals surface area (Å²) in [5.74, 6) is 0.0173. The van der Waals surface area contributed by atoms with Gasteiger partial charge in [-0.25, -0.2) is 0 Å². The molecule has 0 spiro atoms. The first-order valence-electron chi connectivity index (χ1n) is 9.59. The van der Waals surface area contributed by atoms with E-state index in [0.29, 0.717) is 31.1 Å². The van der Waals surface area contributed by atoms with Gasteiger partial charge in [0, 0.05) is 42.7 Å². The van der Waals surface area contributed by atoms with Gasteiger partial charge in [0.2, 0.25) is 5.91 Å². The molecule has 1 aliphatic heterocycles. The molecule has 0 aromatic heterocycles. The van der Waals surface area contributed by atoms with Gasteiger partial charge < -0.3 is 15.0 Å². The Morgan fingerprint density at radius 2 is 1.63 bits per heavy atom. The smallest absolute Gasteiger partial charge is 0.235 e. The molecule has 0 bridgehead atoms. The number of carbonyl (C=O) groups excluding carboxylic acids is 1. The molecule has 144 valence electrons. The summed E-state index contributed by atoms with van der Waals surface area (Å²) in [5, 5.41) is 3.80. The van der Waals surface area contributed by atoms with Crippen LogP contribution in [0.15, 0.2) is 48.5 Å². The van der Waals surface area contributed by atoms with Crippen LogP contribution >= 0.6 is 11.6 Å². The van der Waals surface area contributed by atoms with Crippen LogP contribution in [0.1, 0.15) is 32.3 Å². The number of hydrogen-bond donors (Lipinski definition) is 1. The number of rotatable bonds is 6. The number of benzene rings is 2. The molecule has 1 amide bonds. The van der Waals surface area contributed by atoms with Crippen molar-refractivity contribution < 1.29 is 9.53 Å². The average molecular weight is 387 g/mol. The van der Waals surface area contributed by atoms with E-state index in [1.807, 2.05) is 36.4 Å². The highest BCUT2D eigenvalue weighted by atomic mass is 35.5. The van der Waals surface area contributed by atoms with Crippen LogP contribution in [-0.2, 0) is 14.9 Å². The first kappa shape index (κ1) is 19.7. The van der Waals surface area contributed by atoms with Gasteiger partial charge in [-0.1, -0.05) is 23.7 Å². The maximum atomic E-state index is 13.3. The van der Waals surface area contributed by atoms with Crippen LogP contribution in [0.2, 0.25) is 5.02 Å². The highest BCUT2D eigenvalue weighted by molar-refractivity contribution is 6.30. The number of amides is 1. The summed E-state index contributed by atoms with van der Waals surface area (Å²) in [6.07, 6.45) is 1.33. The Bertz CT molecular complexity index is 749. The lowest BCUT2D eigenvalue weighted by Gasteiger charge is -2.36. The van der Waals surface area contributed by atoms with E-state index in [1.54, 1.807) is 0 Å². The second-order valence-corrected chi connectivity index (χ2v) is 7.31. The maximum absolute atomic E-state index is 13.3. The zero-order valence-electron chi connectivity index (χ0n) is 16.0. The minimum atomic E-state index is -0.583. The van der Waals surface area contributed by atoms with Gasteiger partial charge in [0.15, 0.2) is 0 Å². The van der Waals surface area contributed by atoms with Crippen LogP contribution < -0.4 is 10.2 Å². The molecule has 4 nitrogen and oxygen atoms in total. The van der Waals surface area contributed by atoms with E-state index in [0.717, 1.165) is 30.0 Å². The Morgan fingerprint density at radius 3 is 2.19 bits per heavy atom. The van der Waals surface area contributed by atoms with Crippen LogP contribution in [-0.4, -0.2) is 32.2 Å². The minimum Gasteiger partial charge on any atom is -0.381 e. The molecule has 2 aromatic carbocycles. The molecule has 1 saturated heterocycles. The second-order valence-electron chi connectivity index (χ2n) is 6.87.